The number of thiophene rings is 1. The third-order valence-corrected chi connectivity index (χ3v) is 7.55. The summed E-state index contributed by atoms with van der Waals surface area (Å²) in [6.07, 6.45) is 8.84. The van der Waals surface area contributed by atoms with Gasteiger partial charge in [0, 0.05) is 21.7 Å². The molecule has 4 bridgehead atoms. The molecule has 0 atom stereocenters. The molecule has 1 N–H and O–H groups in total. The fourth-order valence-electron chi connectivity index (χ4n) is 5.88. The molecule has 1 heterocycles. The molecule has 2 aromatic rings. The minimum atomic E-state index is 0.461. The number of methoxy groups -OCH3 is 1. The Balaban J connectivity index is 1.34. The van der Waals surface area contributed by atoms with Crippen molar-refractivity contribution in [3.05, 3.63) is 29.1 Å². The Hall–Kier alpha value is -1.06. The quantitative estimate of drug-likeness (QED) is 0.856. The van der Waals surface area contributed by atoms with Gasteiger partial charge in [0.05, 0.1) is 7.11 Å². The van der Waals surface area contributed by atoms with Crippen molar-refractivity contribution in [1.82, 2.24) is 5.32 Å². The van der Waals surface area contributed by atoms with Gasteiger partial charge in [0.15, 0.2) is 0 Å². The lowest BCUT2D eigenvalue weighted by Crippen LogP contribution is -2.58. The lowest BCUT2D eigenvalue weighted by Gasteiger charge is -2.57. The molecule has 1 aromatic heterocycles. The molecule has 4 saturated carbocycles. The summed E-state index contributed by atoms with van der Waals surface area (Å²) in [5, 5.41) is 5.36. The van der Waals surface area contributed by atoms with E-state index in [0.717, 1.165) is 30.0 Å². The Bertz CT molecular complexity index is 699. The van der Waals surface area contributed by atoms with Crippen molar-refractivity contribution in [2.75, 3.05) is 7.11 Å². The van der Waals surface area contributed by atoms with E-state index in [1.807, 2.05) is 11.3 Å². The summed E-state index contributed by atoms with van der Waals surface area (Å²) in [4.78, 5) is 1.46. The summed E-state index contributed by atoms with van der Waals surface area (Å²) in [5.41, 5.74) is 0.461. The first-order valence-electron chi connectivity index (χ1n) is 9.03. The van der Waals surface area contributed by atoms with Gasteiger partial charge in [-0.2, -0.15) is 0 Å². The molecule has 0 spiro atoms. The number of hydrogen-bond donors (Lipinski definition) is 1. The molecule has 0 aliphatic heterocycles. The van der Waals surface area contributed by atoms with Crippen LogP contribution in [0.2, 0.25) is 0 Å². The maximum Gasteiger partial charge on any atom is 0.120 e. The summed E-state index contributed by atoms with van der Waals surface area (Å²) in [6, 6.07) is 8.76. The van der Waals surface area contributed by atoms with Gasteiger partial charge in [0.2, 0.25) is 0 Å². The van der Waals surface area contributed by atoms with Gasteiger partial charge in [-0.1, -0.05) is 0 Å². The molecule has 0 unspecified atom stereocenters. The molecule has 4 aliphatic rings. The molecule has 2 nitrogen and oxygen atoms in total. The Kier molecular flexibility index (Phi) is 3.24. The van der Waals surface area contributed by atoms with Gasteiger partial charge in [0.1, 0.15) is 5.75 Å². The van der Waals surface area contributed by atoms with Crippen LogP contribution in [0.5, 0.6) is 5.75 Å². The predicted octanol–water partition coefficient (Wildman–Crippen LogP) is 4.97. The molecule has 0 radical (unpaired) electrons. The van der Waals surface area contributed by atoms with Gasteiger partial charge >= 0.3 is 0 Å². The van der Waals surface area contributed by atoms with Crippen LogP contribution in [0.1, 0.15) is 43.4 Å². The number of hydrogen-bond acceptors (Lipinski definition) is 3. The first kappa shape index (κ1) is 14.3. The van der Waals surface area contributed by atoms with Crippen molar-refractivity contribution in [2.45, 2.75) is 50.6 Å². The number of ether oxygens (including phenoxy) is 1. The number of fused-ring (bicyclic) bond motifs is 1. The maximum absolute atomic E-state index is 5.35. The summed E-state index contributed by atoms with van der Waals surface area (Å²) in [7, 11) is 1.74. The molecule has 122 valence electrons. The molecule has 0 saturated heterocycles. The highest BCUT2D eigenvalue weighted by Crippen LogP contribution is 2.55. The van der Waals surface area contributed by atoms with Gasteiger partial charge in [0.25, 0.3) is 0 Å². The lowest BCUT2D eigenvalue weighted by molar-refractivity contribution is -0.0204. The Morgan fingerprint density at radius 2 is 1.78 bits per heavy atom. The molecule has 4 aliphatic carbocycles. The summed E-state index contributed by atoms with van der Waals surface area (Å²) in [5.74, 6) is 4.00. The van der Waals surface area contributed by atoms with E-state index in [2.05, 4.69) is 29.6 Å². The fourth-order valence-corrected chi connectivity index (χ4v) is 6.91. The molecule has 4 fully saturated rings. The van der Waals surface area contributed by atoms with Crippen molar-refractivity contribution in [3.63, 3.8) is 0 Å². The number of rotatable bonds is 4. The van der Waals surface area contributed by atoms with Crippen LogP contribution in [0.15, 0.2) is 24.3 Å². The highest BCUT2D eigenvalue weighted by atomic mass is 32.1. The average molecular weight is 327 g/mol. The second-order valence-corrected chi connectivity index (χ2v) is 9.34. The molecular formula is C20H25NOS. The van der Waals surface area contributed by atoms with Crippen molar-refractivity contribution < 1.29 is 4.74 Å². The van der Waals surface area contributed by atoms with Gasteiger partial charge in [-0.25, -0.2) is 0 Å². The van der Waals surface area contributed by atoms with Gasteiger partial charge in [-0.3, -0.25) is 0 Å². The summed E-state index contributed by atoms with van der Waals surface area (Å²) < 4.78 is 6.69. The Morgan fingerprint density at radius 1 is 1.09 bits per heavy atom. The van der Waals surface area contributed by atoms with E-state index in [0.29, 0.717) is 5.54 Å². The second-order valence-electron chi connectivity index (χ2n) is 8.17. The van der Waals surface area contributed by atoms with Crippen molar-refractivity contribution in [2.24, 2.45) is 17.8 Å². The van der Waals surface area contributed by atoms with E-state index >= 15 is 0 Å². The topological polar surface area (TPSA) is 21.3 Å². The zero-order chi connectivity index (χ0) is 15.4. The van der Waals surface area contributed by atoms with Gasteiger partial charge < -0.3 is 10.1 Å². The minimum absolute atomic E-state index is 0.461. The molecule has 0 amide bonds. The molecule has 23 heavy (non-hydrogen) atoms. The van der Waals surface area contributed by atoms with Crippen LogP contribution in [0.25, 0.3) is 10.1 Å². The minimum Gasteiger partial charge on any atom is -0.497 e. The van der Waals surface area contributed by atoms with Gasteiger partial charge in [-0.05, 0) is 85.9 Å². The van der Waals surface area contributed by atoms with Crippen LogP contribution in [0.4, 0.5) is 0 Å². The standard InChI is InChI=1S/C20H25NOS/c1-22-17-3-2-16-7-18(23-19(16)8-17)12-21-20-9-13-4-14(10-20)6-15(5-13)11-20/h2-3,7-8,13-15,21H,4-6,9-12H2,1H3. The zero-order valence-corrected chi connectivity index (χ0v) is 14.6. The SMILES string of the molecule is COc1ccc2cc(CNC34CC5CC(CC(C5)C3)C4)sc2c1. The molecule has 1 aromatic carbocycles. The van der Waals surface area contributed by atoms with Gasteiger partial charge in [-0.15, -0.1) is 11.3 Å². The highest BCUT2D eigenvalue weighted by molar-refractivity contribution is 7.19. The van der Waals surface area contributed by atoms with Crippen LogP contribution in [-0.4, -0.2) is 12.6 Å². The number of benzene rings is 1. The van der Waals surface area contributed by atoms with E-state index in [4.69, 9.17) is 4.74 Å². The monoisotopic (exact) mass is 327 g/mol. The van der Waals surface area contributed by atoms with E-state index in [-0.39, 0.29) is 0 Å². The summed E-state index contributed by atoms with van der Waals surface area (Å²) in [6.45, 7) is 1.04. The van der Waals surface area contributed by atoms with Crippen LogP contribution in [0, 0.1) is 17.8 Å². The second kappa shape index (κ2) is 5.22. The van der Waals surface area contributed by atoms with E-state index in [1.165, 1.54) is 53.5 Å². The molecule has 3 heteroatoms. The zero-order valence-electron chi connectivity index (χ0n) is 13.8. The maximum atomic E-state index is 5.35. The molecule has 6 rings (SSSR count). The smallest absolute Gasteiger partial charge is 0.120 e. The van der Waals surface area contributed by atoms with Crippen LogP contribution in [0.3, 0.4) is 0 Å². The first-order chi connectivity index (χ1) is 11.2. The van der Waals surface area contributed by atoms with Crippen molar-refractivity contribution >= 4 is 21.4 Å². The van der Waals surface area contributed by atoms with E-state index < -0.39 is 0 Å². The summed E-state index contributed by atoms with van der Waals surface area (Å²) >= 11 is 1.91. The third-order valence-electron chi connectivity index (χ3n) is 6.45. The largest absolute Gasteiger partial charge is 0.497 e. The first-order valence-corrected chi connectivity index (χ1v) is 9.84. The van der Waals surface area contributed by atoms with Crippen LogP contribution >= 0.6 is 11.3 Å². The van der Waals surface area contributed by atoms with Crippen molar-refractivity contribution in [1.29, 1.82) is 0 Å². The van der Waals surface area contributed by atoms with Crippen molar-refractivity contribution in [3.8, 4) is 5.75 Å². The van der Waals surface area contributed by atoms with Crippen LogP contribution < -0.4 is 10.1 Å². The lowest BCUT2D eigenvalue weighted by atomic mass is 9.53. The Morgan fingerprint density at radius 3 is 2.43 bits per heavy atom. The number of nitrogens with one attached hydrogen (secondary N) is 1. The third kappa shape index (κ3) is 2.49. The Labute approximate surface area is 142 Å². The van der Waals surface area contributed by atoms with E-state index in [1.54, 1.807) is 7.11 Å². The predicted molar refractivity (Wildman–Crippen MR) is 96.1 cm³/mol. The van der Waals surface area contributed by atoms with Crippen LogP contribution in [-0.2, 0) is 6.54 Å². The highest BCUT2D eigenvalue weighted by Gasteiger charge is 2.50. The fraction of sp³-hybridized carbons (Fsp3) is 0.600. The average Bonchev–Trinajstić information content (AvgIpc) is 2.93. The van der Waals surface area contributed by atoms with E-state index in [9.17, 15) is 0 Å². The molecular weight excluding hydrogens is 302 g/mol. The normalized spacial score (nSPS) is 35.1.